The van der Waals surface area contributed by atoms with Gasteiger partial charge in [-0.1, -0.05) is 54.1 Å². The molecule has 152 valence electrons. The van der Waals surface area contributed by atoms with Gasteiger partial charge in [-0.15, -0.1) is 0 Å². The van der Waals surface area contributed by atoms with Crippen molar-refractivity contribution in [3.05, 3.63) is 78.0 Å². The van der Waals surface area contributed by atoms with Crippen molar-refractivity contribution in [3.8, 4) is 11.1 Å². The number of carbonyl (C=O) groups excluding carboxylic acids is 1. The summed E-state index contributed by atoms with van der Waals surface area (Å²) in [5.74, 6) is 0.164. The molecular weight excluding hydrogens is 372 g/mol. The summed E-state index contributed by atoms with van der Waals surface area (Å²) in [6, 6.07) is 19.3. The first-order chi connectivity index (χ1) is 14.8. The number of carbonyl (C=O) groups is 1. The molecule has 1 aromatic heterocycles. The lowest BCUT2D eigenvalue weighted by Gasteiger charge is -2.28. The van der Waals surface area contributed by atoms with Gasteiger partial charge in [0, 0.05) is 31.3 Å². The fourth-order valence-electron chi connectivity index (χ4n) is 4.37. The van der Waals surface area contributed by atoms with Crippen molar-refractivity contribution in [2.75, 3.05) is 19.7 Å². The SMILES string of the molecule is O=C([C@H]1CCCO1)N1CC=C(Cc2ccc(-c3ccc4cccnc4c3)cc2)CC1. The van der Waals surface area contributed by atoms with Crippen LogP contribution in [0.2, 0.25) is 0 Å². The second-order valence-electron chi connectivity index (χ2n) is 8.18. The quantitative estimate of drug-likeness (QED) is 0.594. The summed E-state index contributed by atoms with van der Waals surface area (Å²) < 4.78 is 5.55. The number of benzene rings is 2. The average Bonchev–Trinajstić information content (AvgIpc) is 3.34. The van der Waals surface area contributed by atoms with E-state index in [0.29, 0.717) is 6.54 Å². The third kappa shape index (κ3) is 4.01. The van der Waals surface area contributed by atoms with E-state index in [4.69, 9.17) is 4.74 Å². The Morgan fingerprint density at radius 3 is 2.73 bits per heavy atom. The maximum Gasteiger partial charge on any atom is 0.251 e. The van der Waals surface area contributed by atoms with Gasteiger partial charge in [-0.2, -0.15) is 0 Å². The van der Waals surface area contributed by atoms with E-state index in [1.807, 2.05) is 17.2 Å². The number of nitrogens with zero attached hydrogens (tertiary/aromatic N) is 2. The summed E-state index contributed by atoms with van der Waals surface area (Å²) in [5, 5.41) is 1.16. The van der Waals surface area contributed by atoms with Crippen LogP contribution in [0.15, 0.2) is 72.4 Å². The highest BCUT2D eigenvalue weighted by Gasteiger charge is 2.28. The number of hydrogen-bond acceptors (Lipinski definition) is 3. The van der Waals surface area contributed by atoms with Crippen LogP contribution in [0.25, 0.3) is 22.0 Å². The Balaban J connectivity index is 1.23. The first kappa shape index (κ1) is 19.0. The van der Waals surface area contributed by atoms with Crippen LogP contribution in [0.4, 0.5) is 0 Å². The molecule has 2 aliphatic heterocycles. The van der Waals surface area contributed by atoms with Crippen LogP contribution in [0.3, 0.4) is 0 Å². The van der Waals surface area contributed by atoms with E-state index in [2.05, 4.69) is 59.6 Å². The van der Waals surface area contributed by atoms with Gasteiger partial charge < -0.3 is 9.64 Å². The van der Waals surface area contributed by atoms with E-state index in [9.17, 15) is 4.79 Å². The Morgan fingerprint density at radius 1 is 1.10 bits per heavy atom. The Bertz CT molecular complexity index is 1080. The molecule has 3 aromatic rings. The van der Waals surface area contributed by atoms with E-state index < -0.39 is 0 Å². The topological polar surface area (TPSA) is 42.4 Å². The number of fused-ring (bicyclic) bond motifs is 1. The maximum absolute atomic E-state index is 12.5. The molecule has 1 fully saturated rings. The van der Waals surface area contributed by atoms with E-state index in [-0.39, 0.29) is 12.0 Å². The largest absolute Gasteiger partial charge is 0.368 e. The van der Waals surface area contributed by atoms with Gasteiger partial charge >= 0.3 is 0 Å². The van der Waals surface area contributed by atoms with Gasteiger partial charge in [0.1, 0.15) is 6.10 Å². The second-order valence-corrected chi connectivity index (χ2v) is 8.18. The van der Waals surface area contributed by atoms with Gasteiger partial charge in [0.15, 0.2) is 0 Å². The molecule has 3 heterocycles. The minimum Gasteiger partial charge on any atom is -0.368 e. The van der Waals surface area contributed by atoms with Crippen molar-refractivity contribution in [2.45, 2.75) is 31.8 Å². The predicted molar refractivity (Wildman–Crippen MR) is 119 cm³/mol. The molecule has 1 atom stereocenters. The van der Waals surface area contributed by atoms with Gasteiger partial charge in [-0.05, 0) is 54.5 Å². The first-order valence-corrected chi connectivity index (χ1v) is 10.8. The number of ether oxygens (including phenoxy) is 1. The standard InChI is InChI=1S/C26H26N2O2/c29-26(25-4-2-16-30-25)28-14-11-20(12-15-28)17-19-5-7-21(8-6-19)23-10-9-22-3-1-13-27-24(22)18-23/h1,3,5-11,13,18,25H,2,4,12,14-17H2/t25-/m1/s1. The van der Waals surface area contributed by atoms with Crippen molar-refractivity contribution in [2.24, 2.45) is 0 Å². The van der Waals surface area contributed by atoms with Crippen LogP contribution >= 0.6 is 0 Å². The molecule has 0 radical (unpaired) electrons. The number of aromatic nitrogens is 1. The molecule has 0 N–H and O–H groups in total. The molecule has 1 amide bonds. The highest BCUT2D eigenvalue weighted by atomic mass is 16.5. The third-order valence-corrected chi connectivity index (χ3v) is 6.14. The van der Waals surface area contributed by atoms with Crippen LogP contribution in [0, 0.1) is 0 Å². The number of hydrogen-bond donors (Lipinski definition) is 0. The maximum atomic E-state index is 12.5. The highest BCUT2D eigenvalue weighted by molar-refractivity contribution is 5.84. The van der Waals surface area contributed by atoms with Gasteiger partial charge in [-0.3, -0.25) is 9.78 Å². The molecule has 0 unspecified atom stereocenters. The molecule has 0 saturated carbocycles. The molecule has 30 heavy (non-hydrogen) atoms. The molecule has 0 aliphatic carbocycles. The fourth-order valence-corrected chi connectivity index (χ4v) is 4.37. The third-order valence-electron chi connectivity index (χ3n) is 6.14. The molecule has 5 rings (SSSR count). The second kappa shape index (κ2) is 8.41. The van der Waals surface area contributed by atoms with Crippen molar-refractivity contribution in [1.29, 1.82) is 0 Å². The zero-order chi connectivity index (χ0) is 20.3. The molecule has 2 aromatic carbocycles. The predicted octanol–water partition coefficient (Wildman–Crippen LogP) is 4.78. The first-order valence-electron chi connectivity index (χ1n) is 10.8. The van der Waals surface area contributed by atoms with Crippen molar-refractivity contribution in [1.82, 2.24) is 9.88 Å². The van der Waals surface area contributed by atoms with Crippen LogP contribution in [0.1, 0.15) is 24.8 Å². The molecule has 4 heteroatoms. The molecule has 1 saturated heterocycles. The smallest absolute Gasteiger partial charge is 0.251 e. The number of amides is 1. The summed E-state index contributed by atoms with van der Waals surface area (Å²) in [4.78, 5) is 18.9. The Kier molecular flexibility index (Phi) is 5.33. The lowest BCUT2D eigenvalue weighted by Crippen LogP contribution is -2.41. The fraction of sp³-hybridized carbons (Fsp3) is 0.308. The van der Waals surface area contributed by atoms with Crippen LogP contribution < -0.4 is 0 Å². The summed E-state index contributed by atoms with van der Waals surface area (Å²) >= 11 is 0. The van der Waals surface area contributed by atoms with Gasteiger partial charge in [0.2, 0.25) is 0 Å². The molecule has 4 nitrogen and oxygen atoms in total. The molecular formula is C26H26N2O2. The Morgan fingerprint density at radius 2 is 1.97 bits per heavy atom. The van der Waals surface area contributed by atoms with E-state index in [1.165, 1.54) is 22.3 Å². The van der Waals surface area contributed by atoms with Crippen molar-refractivity contribution in [3.63, 3.8) is 0 Å². The molecule has 0 spiro atoms. The van der Waals surface area contributed by atoms with Gasteiger partial charge in [-0.25, -0.2) is 0 Å². The minimum absolute atomic E-state index is 0.164. The van der Waals surface area contributed by atoms with Crippen LogP contribution in [0.5, 0.6) is 0 Å². The van der Waals surface area contributed by atoms with Gasteiger partial charge in [0.05, 0.1) is 5.52 Å². The summed E-state index contributed by atoms with van der Waals surface area (Å²) in [5.41, 5.74) is 6.13. The van der Waals surface area contributed by atoms with E-state index in [0.717, 1.165) is 49.7 Å². The van der Waals surface area contributed by atoms with E-state index in [1.54, 1.807) is 0 Å². The van der Waals surface area contributed by atoms with Gasteiger partial charge in [0.25, 0.3) is 5.91 Å². The van der Waals surface area contributed by atoms with Crippen molar-refractivity contribution >= 4 is 16.8 Å². The minimum atomic E-state index is -0.210. The zero-order valence-corrected chi connectivity index (χ0v) is 17.1. The van der Waals surface area contributed by atoms with Crippen molar-refractivity contribution < 1.29 is 9.53 Å². The Labute approximate surface area is 177 Å². The monoisotopic (exact) mass is 398 g/mol. The number of pyridine rings is 1. The lowest BCUT2D eigenvalue weighted by molar-refractivity contribution is -0.140. The number of rotatable bonds is 4. The summed E-state index contributed by atoms with van der Waals surface area (Å²) in [6.45, 7) is 2.22. The average molecular weight is 399 g/mol. The normalized spacial score (nSPS) is 19.1. The Hall–Kier alpha value is -2.98. The van der Waals surface area contributed by atoms with Crippen LogP contribution in [-0.2, 0) is 16.0 Å². The lowest BCUT2D eigenvalue weighted by atomic mass is 9.97. The molecule has 0 bridgehead atoms. The summed E-state index contributed by atoms with van der Waals surface area (Å²) in [7, 11) is 0. The zero-order valence-electron chi connectivity index (χ0n) is 17.1. The molecule has 2 aliphatic rings. The van der Waals surface area contributed by atoms with E-state index >= 15 is 0 Å². The van der Waals surface area contributed by atoms with Crippen LogP contribution in [-0.4, -0.2) is 41.6 Å². The summed E-state index contributed by atoms with van der Waals surface area (Å²) in [6.07, 6.45) is 7.60. The highest BCUT2D eigenvalue weighted by Crippen LogP contribution is 2.25.